The standard InChI is InChI=1S/C24H34O2/c1-6-8-9-10-18-15-21(25-13-7-2)23-19-14-17(3)11-12-20(19)24(4,5)26-22(23)16-18/h7,11,15-16,19-20H,2,6,8-10,12-14H2,1,3-5H3. The maximum atomic E-state index is 6.56. The van der Waals surface area contributed by atoms with Crippen molar-refractivity contribution in [3.63, 3.8) is 0 Å². The van der Waals surface area contributed by atoms with E-state index in [-0.39, 0.29) is 5.60 Å². The molecule has 142 valence electrons. The summed E-state index contributed by atoms with van der Waals surface area (Å²) >= 11 is 0. The molecule has 0 bridgehead atoms. The first kappa shape index (κ1) is 19.1. The fourth-order valence-electron chi connectivity index (χ4n) is 4.59. The van der Waals surface area contributed by atoms with Crippen LogP contribution < -0.4 is 9.47 Å². The molecule has 2 heteroatoms. The van der Waals surface area contributed by atoms with Crippen molar-refractivity contribution in [1.82, 2.24) is 0 Å². The molecule has 26 heavy (non-hydrogen) atoms. The van der Waals surface area contributed by atoms with E-state index in [0.29, 0.717) is 18.4 Å². The molecule has 2 unspecified atom stereocenters. The van der Waals surface area contributed by atoms with Crippen molar-refractivity contribution in [2.24, 2.45) is 5.92 Å². The minimum Gasteiger partial charge on any atom is -0.489 e. The molecule has 0 aromatic heterocycles. The summed E-state index contributed by atoms with van der Waals surface area (Å²) in [6.07, 6.45) is 11.2. The summed E-state index contributed by atoms with van der Waals surface area (Å²) in [4.78, 5) is 0. The summed E-state index contributed by atoms with van der Waals surface area (Å²) in [5.41, 5.74) is 3.94. The highest BCUT2D eigenvalue weighted by atomic mass is 16.5. The van der Waals surface area contributed by atoms with Gasteiger partial charge in [0, 0.05) is 17.4 Å². The molecule has 1 aliphatic carbocycles. The lowest BCUT2D eigenvalue weighted by atomic mass is 9.67. The van der Waals surface area contributed by atoms with Gasteiger partial charge in [-0.2, -0.15) is 0 Å². The predicted molar refractivity (Wildman–Crippen MR) is 109 cm³/mol. The highest BCUT2D eigenvalue weighted by Gasteiger charge is 2.45. The molecule has 2 nitrogen and oxygen atoms in total. The SMILES string of the molecule is C=CCOc1cc(CCCCC)cc2c1C1CC(C)=CCC1C(C)(C)O2. The minimum absolute atomic E-state index is 0.146. The van der Waals surface area contributed by atoms with Crippen LogP contribution in [-0.4, -0.2) is 12.2 Å². The topological polar surface area (TPSA) is 18.5 Å². The quantitative estimate of drug-likeness (QED) is 0.406. The molecule has 3 rings (SSSR count). The Balaban J connectivity index is 2.02. The van der Waals surface area contributed by atoms with Gasteiger partial charge in [-0.3, -0.25) is 0 Å². The normalized spacial score (nSPS) is 23.3. The van der Waals surface area contributed by atoms with Gasteiger partial charge in [0.2, 0.25) is 0 Å². The number of allylic oxidation sites excluding steroid dienone is 2. The van der Waals surface area contributed by atoms with Crippen molar-refractivity contribution >= 4 is 0 Å². The molecule has 1 aromatic carbocycles. The fraction of sp³-hybridized carbons (Fsp3) is 0.583. The van der Waals surface area contributed by atoms with Gasteiger partial charge in [0.05, 0.1) is 0 Å². The second kappa shape index (κ2) is 7.90. The molecular weight excluding hydrogens is 320 g/mol. The van der Waals surface area contributed by atoms with Gasteiger partial charge in [0.25, 0.3) is 0 Å². The van der Waals surface area contributed by atoms with E-state index >= 15 is 0 Å². The average Bonchev–Trinajstić information content (AvgIpc) is 2.58. The Bertz CT molecular complexity index is 684. The van der Waals surface area contributed by atoms with Crippen molar-refractivity contribution in [3.05, 3.63) is 47.6 Å². The Kier molecular flexibility index (Phi) is 5.79. The van der Waals surface area contributed by atoms with E-state index in [1.54, 1.807) is 0 Å². The lowest BCUT2D eigenvalue weighted by molar-refractivity contribution is 0.00736. The summed E-state index contributed by atoms with van der Waals surface area (Å²) < 4.78 is 12.7. The molecule has 1 aromatic rings. The van der Waals surface area contributed by atoms with Crippen LogP contribution in [0.25, 0.3) is 0 Å². The summed E-state index contributed by atoms with van der Waals surface area (Å²) in [6, 6.07) is 4.53. The Morgan fingerprint density at radius 2 is 2.12 bits per heavy atom. The van der Waals surface area contributed by atoms with Crippen LogP contribution in [0.5, 0.6) is 11.5 Å². The van der Waals surface area contributed by atoms with Crippen LogP contribution in [0, 0.1) is 5.92 Å². The second-order valence-corrected chi connectivity index (χ2v) is 8.47. The van der Waals surface area contributed by atoms with E-state index in [2.05, 4.69) is 52.5 Å². The van der Waals surface area contributed by atoms with Crippen molar-refractivity contribution in [2.75, 3.05) is 6.61 Å². The summed E-state index contributed by atoms with van der Waals surface area (Å²) in [5.74, 6) is 3.02. The fourth-order valence-corrected chi connectivity index (χ4v) is 4.59. The highest BCUT2D eigenvalue weighted by Crippen LogP contribution is 2.54. The number of fused-ring (bicyclic) bond motifs is 3. The van der Waals surface area contributed by atoms with Gasteiger partial charge in [-0.25, -0.2) is 0 Å². The Morgan fingerprint density at radius 1 is 1.31 bits per heavy atom. The monoisotopic (exact) mass is 354 g/mol. The van der Waals surface area contributed by atoms with Crippen LogP contribution in [0.2, 0.25) is 0 Å². The largest absolute Gasteiger partial charge is 0.489 e. The third-order valence-electron chi connectivity index (χ3n) is 5.97. The number of aryl methyl sites for hydroxylation is 1. The molecule has 0 amide bonds. The molecule has 0 radical (unpaired) electrons. The number of ether oxygens (including phenoxy) is 2. The summed E-state index contributed by atoms with van der Waals surface area (Å²) in [7, 11) is 0. The molecule has 0 saturated carbocycles. The highest BCUT2D eigenvalue weighted by molar-refractivity contribution is 5.53. The Morgan fingerprint density at radius 3 is 2.85 bits per heavy atom. The summed E-state index contributed by atoms with van der Waals surface area (Å²) in [5, 5.41) is 0. The van der Waals surface area contributed by atoms with Gasteiger partial charge >= 0.3 is 0 Å². The van der Waals surface area contributed by atoms with Crippen molar-refractivity contribution in [1.29, 1.82) is 0 Å². The first-order chi connectivity index (χ1) is 12.5. The molecule has 0 N–H and O–H groups in total. The third kappa shape index (κ3) is 3.84. The molecule has 0 spiro atoms. The molecule has 0 fully saturated rings. The van der Waals surface area contributed by atoms with Gasteiger partial charge in [-0.1, -0.05) is 44.1 Å². The predicted octanol–water partition coefficient (Wildman–Crippen LogP) is 6.60. The zero-order chi connectivity index (χ0) is 18.7. The average molecular weight is 355 g/mol. The third-order valence-corrected chi connectivity index (χ3v) is 5.97. The first-order valence-electron chi connectivity index (χ1n) is 10.2. The van der Waals surface area contributed by atoms with Crippen LogP contribution in [0.1, 0.15) is 76.8 Å². The molecular formula is C24H34O2. The second-order valence-electron chi connectivity index (χ2n) is 8.47. The smallest absolute Gasteiger partial charge is 0.127 e. The van der Waals surface area contributed by atoms with E-state index in [0.717, 1.165) is 30.8 Å². The zero-order valence-corrected chi connectivity index (χ0v) is 16.9. The van der Waals surface area contributed by atoms with E-state index in [4.69, 9.17) is 9.47 Å². The van der Waals surface area contributed by atoms with Crippen LogP contribution in [0.3, 0.4) is 0 Å². The number of hydrogen-bond donors (Lipinski definition) is 0. The number of hydrogen-bond acceptors (Lipinski definition) is 2. The summed E-state index contributed by atoms with van der Waals surface area (Å²) in [6.45, 7) is 13.4. The molecule has 2 atom stereocenters. The van der Waals surface area contributed by atoms with Crippen molar-refractivity contribution in [3.8, 4) is 11.5 Å². The van der Waals surface area contributed by atoms with Gasteiger partial charge in [-0.05, 0) is 64.2 Å². The minimum atomic E-state index is -0.146. The lowest BCUT2D eigenvalue weighted by Gasteiger charge is -2.47. The molecule has 1 aliphatic heterocycles. The molecule has 0 saturated heterocycles. The maximum Gasteiger partial charge on any atom is 0.127 e. The number of rotatable bonds is 7. The van der Waals surface area contributed by atoms with Gasteiger partial charge in [-0.15, -0.1) is 0 Å². The van der Waals surface area contributed by atoms with Gasteiger partial charge in [0.15, 0.2) is 0 Å². The first-order valence-corrected chi connectivity index (χ1v) is 10.2. The van der Waals surface area contributed by atoms with E-state index in [9.17, 15) is 0 Å². The van der Waals surface area contributed by atoms with E-state index < -0.39 is 0 Å². The van der Waals surface area contributed by atoms with Crippen LogP contribution in [0.4, 0.5) is 0 Å². The van der Waals surface area contributed by atoms with Crippen LogP contribution >= 0.6 is 0 Å². The van der Waals surface area contributed by atoms with Crippen LogP contribution in [0.15, 0.2) is 36.4 Å². The van der Waals surface area contributed by atoms with Crippen molar-refractivity contribution < 1.29 is 9.47 Å². The van der Waals surface area contributed by atoms with Gasteiger partial charge < -0.3 is 9.47 Å². The molecule has 2 aliphatic rings. The molecule has 1 heterocycles. The Labute approximate surface area is 159 Å². The zero-order valence-electron chi connectivity index (χ0n) is 16.9. The number of benzene rings is 1. The lowest BCUT2D eigenvalue weighted by Crippen LogP contribution is -2.45. The number of unbranched alkanes of at least 4 members (excludes halogenated alkanes) is 2. The maximum absolute atomic E-state index is 6.56. The van der Waals surface area contributed by atoms with E-state index in [1.165, 1.54) is 36.0 Å². The van der Waals surface area contributed by atoms with Gasteiger partial charge in [0.1, 0.15) is 23.7 Å². The Hall–Kier alpha value is -1.70. The van der Waals surface area contributed by atoms with Crippen LogP contribution in [-0.2, 0) is 6.42 Å². The van der Waals surface area contributed by atoms with Crippen molar-refractivity contribution in [2.45, 2.75) is 77.7 Å². The van der Waals surface area contributed by atoms with E-state index in [1.807, 2.05) is 6.08 Å².